The number of benzene rings is 1. The highest BCUT2D eigenvalue weighted by Gasteiger charge is 2.56. The Morgan fingerprint density at radius 2 is 2.14 bits per heavy atom. The fourth-order valence-electron chi connectivity index (χ4n) is 6.28. The summed E-state index contributed by atoms with van der Waals surface area (Å²) >= 11 is 0. The number of hydrogen-bond acceptors (Lipinski definition) is 2. The molecule has 22 heavy (non-hydrogen) atoms. The molecule has 2 fully saturated rings. The lowest BCUT2D eigenvalue weighted by Crippen LogP contribution is -2.40. The molecule has 0 aromatic heterocycles. The largest absolute Gasteiger partial charge is 0.508 e. The second-order valence-corrected chi connectivity index (χ2v) is 8.00. The maximum absolute atomic E-state index is 9.77. The highest BCUT2D eigenvalue weighted by molar-refractivity contribution is 5.44. The lowest BCUT2D eigenvalue weighted by atomic mass is 9.56. The van der Waals surface area contributed by atoms with Gasteiger partial charge in [-0.2, -0.15) is 0 Å². The van der Waals surface area contributed by atoms with Gasteiger partial charge in [0.15, 0.2) is 0 Å². The van der Waals surface area contributed by atoms with Gasteiger partial charge in [-0.25, -0.2) is 0 Å². The van der Waals surface area contributed by atoms with Crippen LogP contribution in [0, 0.1) is 17.3 Å². The summed E-state index contributed by atoms with van der Waals surface area (Å²) in [5.41, 5.74) is 5.19. The fraction of sp³-hybridized carbons (Fsp3) is 0.600. The summed E-state index contributed by atoms with van der Waals surface area (Å²) in [7, 11) is 0. The molecule has 0 amide bonds. The first-order valence-corrected chi connectivity index (χ1v) is 8.95. The minimum absolute atomic E-state index is 0.429. The number of rotatable bonds is 0. The average molecular weight is 295 g/mol. The van der Waals surface area contributed by atoms with Crippen molar-refractivity contribution < 1.29 is 5.11 Å². The van der Waals surface area contributed by atoms with Crippen LogP contribution < -0.4 is 5.32 Å². The van der Waals surface area contributed by atoms with Crippen LogP contribution in [0.1, 0.15) is 49.7 Å². The van der Waals surface area contributed by atoms with E-state index in [2.05, 4.69) is 24.4 Å². The number of hydrogen-bond donors (Lipinski definition) is 2. The van der Waals surface area contributed by atoms with Crippen molar-refractivity contribution >= 4 is 0 Å². The highest BCUT2D eigenvalue weighted by atomic mass is 16.3. The molecule has 116 valence electrons. The Morgan fingerprint density at radius 1 is 1.23 bits per heavy atom. The Hall–Kier alpha value is -1.28. The summed E-state index contributed by atoms with van der Waals surface area (Å²) in [6.45, 7) is 3.58. The number of phenols is 1. The second-order valence-electron chi connectivity index (χ2n) is 8.00. The Bertz CT molecular complexity index is 664. The Kier molecular flexibility index (Phi) is 2.63. The molecule has 5 atom stereocenters. The van der Waals surface area contributed by atoms with Gasteiger partial charge in [0.05, 0.1) is 0 Å². The number of phenolic OH excluding ortho intramolecular Hbond substituents is 1. The highest BCUT2D eigenvalue weighted by Crippen LogP contribution is 2.62. The molecule has 0 unspecified atom stereocenters. The minimum Gasteiger partial charge on any atom is -0.508 e. The molecule has 4 aliphatic rings. The zero-order valence-electron chi connectivity index (χ0n) is 13.3. The van der Waals surface area contributed by atoms with E-state index >= 15 is 0 Å². The van der Waals surface area contributed by atoms with Crippen LogP contribution >= 0.6 is 0 Å². The third-order valence-electron chi connectivity index (χ3n) is 7.26. The summed E-state index contributed by atoms with van der Waals surface area (Å²) in [5, 5.41) is 13.5. The quantitative estimate of drug-likeness (QED) is 0.714. The number of nitrogens with one attached hydrogen (secondary N) is 1. The molecule has 0 radical (unpaired) electrons. The molecule has 5 rings (SSSR count). The van der Waals surface area contributed by atoms with E-state index in [9.17, 15) is 5.11 Å². The lowest BCUT2D eigenvalue weighted by Gasteiger charge is -2.48. The van der Waals surface area contributed by atoms with Crippen LogP contribution in [-0.4, -0.2) is 17.7 Å². The van der Waals surface area contributed by atoms with Gasteiger partial charge in [-0.15, -0.1) is 0 Å². The normalized spacial score (nSPS) is 42.1. The van der Waals surface area contributed by atoms with Crippen LogP contribution in [0.15, 0.2) is 29.8 Å². The molecule has 1 saturated heterocycles. The van der Waals surface area contributed by atoms with E-state index in [0.29, 0.717) is 23.1 Å². The van der Waals surface area contributed by atoms with Gasteiger partial charge in [-0.1, -0.05) is 17.7 Å². The molecule has 1 aromatic rings. The Labute approximate surface area is 132 Å². The van der Waals surface area contributed by atoms with E-state index in [-0.39, 0.29) is 0 Å². The van der Waals surface area contributed by atoms with Crippen LogP contribution in [0.4, 0.5) is 0 Å². The average Bonchev–Trinajstić information content (AvgIpc) is 3.04. The summed E-state index contributed by atoms with van der Waals surface area (Å²) in [6, 6.07) is 6.76. The van der Waals surface area contributed by atoms with Gasteiger partial charge in [0.25, 0.3) is 0 Å². The first kappa shape index (κ1) is 13.2. The zero-order valence-corrected chi connectivity index (χ0v) is 13.3. The molecule has 1 spiro atoms. The molecular weight excluding hydrogens is 270 g/mol. The molecule has 2 N–H and O–H groups in total. The monoisotopic (exact) mass is 295 g/mol. The van der Waals surface area contributed by atoms with Crippen LogP contribution in [0.3, 0.4) is 0 Å². The first-order valence-electron chi connectivity index (χ1n) is 8.95. The fourth-order valence-corrected chi connectivity index (χ4v) is 6.28. The summed E-state index contributed by atoms with van der Waals surface area (Å²) in [5.74, 6) is 2.71. The Balaban J connectivity index is 1.55. The van der Waals surface area contributed by atoms with Crippen molar-refractivity contribution in [2.24, 2.45) is 17.3 Å². The summed E-state index contributed by atoms with van der Waals surface area (Å²) in [6.07, 6.45) is 8.98. The maximum atomic E-state index is 9.77. The smallest absolute Gasteiger partial charge is 0.115 e. The van der Waals surface area contributed by atoms with Crippen molar-refractivity contribution in [2.75, 3.05) is 6.54 Å². The molecule has 2 heteroatoms. The second kappa shape index (κ2) is 4.38. The van der Waals surface area contributed by atoms with E-state index in [1.165, 1.54) is 43.4 Å². The van der Waals surface area contributed by atoms with Crippen molar-refractivity contribution in [3.05, 3.63) is 41.0 Å². The molecule has 1 saturated carbocycles. The van der Waals surface area contributed by atoms with Gasteiger partial charge in [0.1, 0.15) is 5.75 Å². The van der Waals surface area contributed by atoms with Crippen molar-refractivity contribution in [2.45, 2.75) is 51.0 Å². The third kappa shape index (κ3) is 1.54. The minimum atomic E-state index is 0.429. The third-order valence-corrected chi connectivity index (χ3v) is 7.26. The standard InChI is InChI=1S/C20H25NO/c1-12-18-6-7-19-17-4-2-13-10-14(22)3-5-15(13)16(17)8-9-20(18,19)11-21-12/h3,5,7,10,12,16-18,21-22H,2,4,6,8-9,11H2,1H3/t12-,16+,17+,18-,20+/m0/s1. The van der Waals surface area contributed by atoms with Crippen LogP contribution in [0.5, 0.6) is 5.75 Å². The molecule has 1 aliphatic heterocycles. The lowest BCUT2D eigenvalue weighted by molar-refractivity contribution is 0.173. The van der Waals surface area contributed by atoms with Crippen molar-refractivity contribution in [3.8, 4) is 5.75 Å². The van der Waals surface area contributed by atoms with Crippen molar-refractivity contribution in [1.29, 1.82) is 0 Å². The predicted molar refractivity (Wildman–Crippen MR) is 88.0 cm³/mol. The topological polar surface area (TPSA) is 32.3 Å². The summed E-state index contributed by atoms with van der Waals surface area (Å²) in [4.78, 5) is 0. The van der Waals surface area contributed by atoms with Gasteiger partial charge in [0, 0.05) is 18.0 Å². The SMILES string of the molecule is C[C@@H]1NC[C@@]23CC[C@@H]4c5ccc(O)cc5CC[C@H]4C2=CC[C@@H]13. The van der Waals surface area contributed by atoms with Gasteiger partial charge in [0.2, 0.25) is 0 Å². The molecule has 1 aromatic carbocycles. The molecule has 0 bridgehead atoms. The van der Waals surface area contributed by atoms with E-state index in [0.717, 1.165) is 18.3 Å². The van der Waals surface area contributed by atoms with Gasteiger partial charge < -0.3 is 10.4 Å². The first-order chi connectivity index (χ1) is 10.7. The van der Waals surface area contributed by atoms with E-state index in [1.54, 1.807) is 5.57 Å². The van der Waals surface area contributed by atoms with Gasteiger partial charge >= 0.3 is 0 Å². The van der Waals surface area contributed by atoms with Gasteiger partial charge in [-0.05, 0) is 80.0 Å². The van der Waals surface area contributed by atoms with Crippen molar-refractivity contribution in [1.82, 2.24) is 5.32 Å². The Morgan fingerprint density at radius 3 is 3.05 bits per heavy atom. The van der Waals surface area contributed by atoms with Crippen LogP contribution in [0.25, 0.3) is 0 Å². The maximum Gasteiger partial charge on any atom is 0.115 e. The zero-order chi connectivity index (χ0) is 14.9. The van der Waals surface area contributed by atoms with Crippen molar-refractivity contribution in [3.63, 3.8) is 0 Å². The molecule has 3 aliphatic carbocycles. The predicted octanol–water partition coefficient (Wildman–Crippen LogP) is 3.76. The number of allylic oxidation sites excluding steroid dienone is 1. The molecule has 2 nitrogen and oxygen atoms in total. The summed E-state index contributed by atoms with van der Waals surface area (Å²) < 4.78 is 0. The van der Waals surface area contributed by atoms with Gasteiger partial charge in [-0.3, -0.25) is 0 Å². The molecule has 1 heterocycles. The van der Waals surface area contributed by atoms with Crippen LogP contribution in [-0.2, 0) is 6.42 Å². The van der Waals surface area contributed by atoms with E-state index in [1.807, 2.05) is 12.1 Å². The van der Waals surface area contributed by atoms with E-state index in [4.69, 9.17) is 0 Å². The number of fused-ring (bicyclic) bond motifs is 4. The van der Waals surface area contributed by atoms with Crippen LogP contribution in [0.2, 0.25) is 0 Å². The number of aryl methyl sites for hydroxylation is 1. The number of aromatic hydroxyl groups is 1. The van der Waals surface area contributed by atoms with E-state index < -0.39 is 0 Å². The molecular formula is C20H25NO.